The average Bonchev–Trinajstić information content (AvgIpc) is 2.09. The summed E-state index contributed by atoms with van der Waals surface area (Å²) in [7, 11) is 1.45. The van der Waals surface area contributed by atoms with E-state index in [0.717, 1.165) is 0 Å². The van der Waals surface area contributed by atoms with Gasteiger partial charge >= 0.3 is 0 Å². The number of aromatic nitrogens is 2. The maximum atomic E-state index is 11.4. The van der Waals surface area contributed by atoms with Crippen LogP contribution in [0.15, 0.2) is 10.9 Å². The predicted octanol–water partition coefficient (Wildman–Crippen LogP) is 0.194. The first-order chi connectivity index (χ1) is 6.19. The van der Waals surface area contributed by atoms with Gasteiger partial charge in [0.2, 0.25) is 0 Å². The van der Waals surface area contributed by atoms with Gasteiger partial charge in [0.05, 0.1) is 13.7 Å². The molecule has 0 atom stereocenters. The number of hydrogen-bond donors (Lipinski definition) is 0. The van der Waals surface area contributed by atoms with Gasteiger partial charge in [-0.1, -0.05) is 5.92 Å². The molecule has 1 aromatic rings. The third kappa shape index (κ3) is 1.88. The molecule has 0 saturated heterocycles. The van der Waals surface area contributed by atoms with Crippen molar-refractivity contribution in [2.75, 3.05) is 7.11 Å². The Morgan fingerprint density at radius 1 is 1.77 bits per heavy atom. The normalized spacial score (nSPS) is 9.31. The van der Waals surface area contributed by atoms with Gasteiger partial charge in [-0.2, -0.15) is 0 Å². The molecule has 0 unspecified atom stereocenters. The smallest absolute Gasteiger partial charge is 0.299 e. The summed E-state index contributed by atoms with van der Waals surface area (Å²) in [5.74, 6) is 2.36. The third-order valence-corrected chi connectivity index (χ3v) is 1.53. The molecular formula is C9H10N2O2. The van der Waals surface area contributed by atoms with E-state index in [9.17, 15) is 4.79 Å². The van der Waals surface area contributed by atoms with Gasteiger partial charge in [0.1, 0.15) is 0 Å². The summed E-state index contributed by atoms with van der Waals surface area (Å²) in [6.45, 7) is 1.90. The van der Waals surface area contributed by atoms with Gasteiger partial charge in [-0.3, -0.25) is 9.36 Å². The molecule has 0 fully saturated rings. The Morgan fingerprint density at radius 2 is 2.46 bits per heavy atom. The van der Waals surface area contributed by atoms with Gasteiger partial charge in [0.25, 0.3) is 11.6 Å². The molecule has 13 heavy (non-hydrogen) atoms. The first kappa shape index (κ1) is 9.33. The van der Waals surface area contributed by atoms with Gasteiger partial charge in [0, 0.05) is 11.8 Å². The predicted molar refractivity (Wildman–Crippen MR) is 48.6 cm³/mol. The molecule has 1 rings (SSSR count). The van der Waals surface area contributed by atoms with E-state index in [0.29, 0.717) is 5.69 Å². The summed E-state index contributed by atoms with van der Waals surface area (Å²) in [6.07, 6.45) is 5.10. The number of ether oxygens (including phenoxy) is 1. The van der Waals surface area contributed by atoms with Crippen LogP contribution in [0.2, 0.25) is 0 Å². The van der Waals surface area contributed by atoms with Crippen molar-refractivity contribution in [2.45, 2.75) is 13.5 Å². The Morgan fingerprint density at radius 3 is 3.00 bits per heavy atom. The van der Waals surface area contributed by atoms with Crippen molar-refractivity contribution in [1.29, 1.82) is 0 Å². The maximum absolute atomic E-state index is 11.4. The highest BCUT2D eigenvalue weighted by Gasteiger charge is 2.04. The van der Waals surface area contributed by atoms with E-state index in [4.69, 9.17) is 11.2 Å². The van der Waals surface area contributed by atoms with E-state index in [1.165, 1.54) is 17.7 Å². The second-order valence-corrected chi connectivity index (χ2v) is 2.51. The first-order valence-electron chi connectivity index (χ1n) is 3.75. The highest BCUT2D eigenvalue weighted by atomic mass is 16.5. The fourth-order valence-corrected chi connectivity index (χ4v) is 0.987. The lowest BCUT2D eigenvalue weighted by Crippen LogP contribution is -2.22. The minimum absolute atomic E-state index is 0.176. The zero-order chi connectivity index (χ0) is 9.84. The van der Waals surface area contributed by atoms with E-state index in [1.807, 2.05) is 0 Å². The Labute approximate surface area is 76.2 Å². The van der Waals surface area contributed by atoms with Crippen molar-refractivity contribution in [2.24, 2.45) is 0 Å². The Hall–Kier alpha value is -1.76. The van der Waals surface area contributed by atoms with Gasteiger partial charge in [-0.05, 0) is 6.92 Å². The number of methoxy groups -OCH3 is 1. The van der Waals surface area contributed by atoms with Gasteiger partial charge < -0.3 is 4.74 Å². The van der Waals surface area contributed by atoms with Crippen molar-refractivity contribution < 1.29 is 4.74 Å². The topological polar surface area (TPSA) is 44.1 Å². The summed E-state index contributed by atoms with van der Waals surface area (Å²) >= 11 is 0. The van der Waals surface area contributed by atoms with Crippen molar-refractivity contribution >= 4 is 0 Å². The van der Waals surface area contributed by atoms with E-state index in [1.54, 1.807) is 6.92 Å². The van der Waals surface area contributed by atoms with Crippen LogP contribution in [0.4, 0.5) is 0 Å². The van der Waals surface area contributed by atoms with Gasteiger partial charge in [-0.25, -0.2) is 4.98 Å². The fraction of sp³-hybridized carbons (Fsp3) is 0.333. The van der Waals surface area contributed by atoms with Crippen molar-refractivity contribution in [3.8, 4) is 18.4 Å². The monoisotopic (exact) mass is 178 g/mol. The van der Waals surface area contributed by atoms with E-state index in [-0.39, 0.29) is 18.1 Å². The van der Waals surface area contributed by atoms with Gasteiger partial charge in [-0.15, -0.1) is 6.42 Å². The molecule has 1 heterocycles. The molecular weight excluding hydrogens is 168 g/mol. The summed E-state index contributed by atoms with van der Waals surface area (Å²) in [5.41, 5.74) is 0.428. The number of terminal acetylenes is 1. The van der Waals surface area contributed by atoms with Crippen LogP contribution < -0.4 is 10.3 Å². The zero-order valence-electron chi connectivity index (χ0n) is 7.57. The van der Waals surface area contributed by atoms with Crippen LogP contribution in [0.25, 0.3) is 0 Å². The van der Waals surface area contributed by atoms with Crippen LogP contribution in [0.1, 0.15) is 5.69 Å². The molecule has 0 radical (unpaired) electrons. The molecule has 0 aromatic carbocycles. The zero-order valence-corrected chi connectivity index (χ0v) is 7.57. The average molecular weight is 178 g/mol. The van der Waals surface area contributed by atoms with Crippen LogP contribution >= 0.6 is 0 Å². The highest BCUT2D eigenvalue weighted by molar-refractivity contribution is 5.08. The van der Waals surface area contributed by atoms with E-state index in [2.05, 4.69) is 10.9 Å². The quantitative estimate of drug-likeness (QED) is 0.607. The lowest BCUT2D eigenvalue weighted by atomic mass is 10.4. The van der Waals surface area contributed by atoms with Crippen molar-refractivity contribution in [3.63, 3.8) is 0 Å². The molecule has 68 valence electrons. The number of rotatable bonds is 2. The third-order valence-electron chi connectivity index (χ3n) is 1.53. The minimum atomic E-state index is -0.192. The molecule has 1 aromatic heterocycles. The molecule has 4 nitrogen and oxygen atoms in total. The van der Waals surface area contributed by atoms with Crippen LogP contribution in [0, 0.1) is 19.3 Å². The van der Waals surface area contributed by atoms with Crippen molar-refractivity contribution in [3.05, 3.63) is 22.1 Å². The molecule has 0 aliphatic heterocycles. The fourth-order valence-electron chi connectivity index (χ4n) is 0.987. The summed E-state index contributed by atoms with van der Waals surface area (Å²) in [6, 6.07) is 1.67. The molecule has 0 bridgehead atoms. The molecule has 0 spiro atoms. The highest BCUT2D eigenvalue weighted by Crippen LogP contribution is 2.02. The van der Waals surface area contributed by atoms with Crippen LogP contribution in [-0.4, -0.2) is 16.7 Å². The largest absolute Gasteiger partial charge is 0.468 e. The number of nitrogens with zero attached hydrogens (tertiary/aromatic N) is 2. The summed E-state index contributed by atoms with van der Waals surface area (Å²) in [4.78, 5) is 15.4. The van der Waals surface area contributed by atoms with Crippen LogP contribution in [0.3, 0.4) is 0 Å². The van der Waals surface area contributed by atoms with Gasteiger partial charge in [0.15, 0.2) is 0 Å². The van der Waals surface area contributed by atoms with Crippen LogP contribution in [0.5, 0.6) is 6.01 Å². The second kappa shape index (κ2) is 3.76. The minimum Gasteiger partial charge on any atom is -0.468 e. The second-order valence-electron chi connectivity index (χ2n) is 2.51. The lowest BCUT2D eigenvalue weighted by Gasteiger charge is -2.07. The van der Waals surface area contributed by atoms with Crippen molar-refractivity contribution in [1.82, 2.24) is 9.55 Å². The maximum Gasteiger partial charge on any atom is 0.299 e. The van der Waals surface area contributed by atoms with E-state index >= 15 is 0 Å². The summed E-state index contributed by atoms with van der Waals surface area (Å²) < 4.78 is 6.21. The first-order valence-corrected chi connectivity index (χ1v) is 3.75. The molecule has 0 aliphatic rings. The lowest BCUT2D eigenvalue weighted by molar-refractivity contribution is 0.351. The Kier molecular flexibility index (Phi) is 2.70. The van der Waals surface area contributed by atoms with Crippen LogP contribution in [-0.2, 0) is 6.54 Å². The number of aryl methyl sites for hydroxylation is 1. The SMILES string of the molecule is C#CCn1c(OC)nc(C)cc1=O. The Bertz CT molecular complexity index is 401. The summed E-state index contributed by atoms with van der Waals surface area (Å²) in [5, 5.41) is 0. The number of hydrogen-bond acceptors (Lipinski definition) is 3. The standard InChI is InChI=1S/C9H10N2O2/c1-4-5-11-8(12)6-7(2)10-9(11)13-3/h1,6H,5H2,2-3H3. The molecule has 4 heteroatoms. The molecule has 0 amide bonds. The Balaban J connectivity index is 3.32. The van der Waals surface area contributed by atoms with E-state index < -0.39 is 0 Å². The molecule has 0 saturated carbocycles. The molecule has 0 N–H and O–H groups in total. The molecule has 0 aliphatic carbocycles.